The summed E-state index contributed by atoms with van der Waals surface area (Å²) in [6.45, 7) is 0. The molecule has 0 aliphatic heterocycles. The highest BCUT2D eigenvalue weighted by atomic mass is 19.2. The van der Waals surface area contributed by atoms with Gasteiger partial charge in [0.2, 0.25) is 0 Å². The second-order valence-corrected chi connectivity index (χ2v) is 2.54. The van der Waals surface area contributed by atoms with E-state index in [0.717, 1.165) is 0 Å². The second kappa shape index (κ2) is 2.52. The molecule has 0 amide bonds. The van der Waals surface area contributed by atoms with Gasteiger partial charge in [0.05, 0.1) is 5.92 Å². The molecule has 10 heavy (non-hydrogen) atoms. The minimum Gasteiger partial charge on any atom is -0.481 e. The van der Waals surface area contributed by atoms with Gasteiger partial charge in [0.25, 0.3) is 0 Å². The lowest BCUT2D eigenvalue weighted by Gasteiger charge is -1.97. The Morgan fingerprint density at radius 3 is 1.90 bits per heavy atom. The Kier molecular flexibility index (Phi) is 1.87. The molecule has 58 valence electrons. The number of halogens is 2. The van der Waals surface area contributed by atoms with Crippen LogP contribution in [-0.4, -0.2) is 23.4 Å². The average Bonchev–Trinajstić information content (AvgIpc) is 2.13. The van der Waals surface area contributed by atoms with E-state index in [1.807, 2.05) is 0 Å². The van der Waals surface area contributed by atoms with E-state index in [9.17, 15) is 13.6 Å². The van der Waals surface area contributed by atoms with E-state index >= 15 is 0 Å². The molecule has 1 aliphatic rings. The largest absolute Gasteiger partial charge is 0.481 e. The van der Waals surface area contributed by atoms with Gasteiger partial charge in [-0.2, -0.15) is 0 Å². The van der Waals surface area contributed by atoms with Crippen molar-refractivity contribution in [2.24, 2.45) is 5.92 Å². The van der Waals surface area contributed by atoms with Crippen LogP contribution in [0.1, 0.15) is 12.8 Å². The Balaban J connectivity index is 2.49. The van der Waals surface area contributed by atoms with E-state index in [-0.39, 0.29) is 12.8 Å². The molecule has 0 radical (unpaired) electrons. The van der Waals surface area contributed by atoms with E-state index < -0.39 is 24.2 Å². The molecule has 2 atom stereocenters. The quantitative estimate of drug-likeness (QED) is 0.608. The fourth-order valence-electron chi connectivity index (χ4n) is 1.14. The highest BCUT2D eigenvalue weighted by Crippen LogP contribution is 2.30. The molecule has 2 nitrogen and oxygen atoms in total. The fourth-order valence-corrected chi connectivity index (χ4v) is 1.14. The molecular weight excluding hydrogens is 142 g/mol. The van der Waals surface area contributed by atoms with Gasteiger partial charge in [-0.1, -0.05) is 0 Å². The van der Waals surface area contributed by atoms with Crippen molar-refractivity contribution in [3.63, 3.8) is 0 Å². The van der Waals surface area contributed by atoms with Crippen molar-refractivity contribution in [2.45, 2.75) is 25.2 Å². The van der Waals surface area contributed by atoms with E-state index in [1.165, 1.54) is 0 Å². The predicted octanol–water partition coefficient (Wildman–Crippen LogP) is 1.16. The predicted molar refractivity (Wildman–Crippen MR) is 30.2 cm³/mol. The lowest BCUT2D eigenvalue weighted by Crippen LogP contribution is -2.09. The Morgan fingerprint density at radius 2 is 1.70 bits per heavy atom. The third-order valence-electron chi connectivity index (χ3n) is 1.76. The zero-order chi connectivity index (χ0) is 7.72. The summed E-state index contributed by atoms with van der Waals surface area (Å²) >= 11 is 0. The van der Waals surface area contributed by atoms with Gasteiger partial charge in [0, 0.05) is 0 Å². The van der Waals surface area contributed by atoms with Crippen molar-refractivity contribution in [1.29, 1.82) is 0 Å². The number of carbonyl (C=O) groups is 1. The van der Waals surface area contributed by atoms with Crippen LogP contribution in [0.3, 0.4) is 0 Å². The smallest absolute Gasteiger partial charge is 0.306 e. The third-order valence-corrected chi connectivity index (χ3v) is 1.76. The maximum absolute atomic E-state index is 12.3. The van der Waals surface area contributed by atoms with Gasteiger partial charge in [-0.15, -0.1) is 0 Å². The molecule has 0 aromatic carbocycles. The van der Waals surface area contributed by atoms with Crippen molar-refractivity contribution in [1.82, 2.24) is 0 Å². The lowest BCUT2D eigenvalue weighted by molar-refractivity contribution is -0.141. The third kappa shape index (κ3) is 1.25. The Morgan fingerprint density at radius 1 is 1.30 bits per heavy atom. The molecule has 4 heteroatoms. The van der Waals surface area contributed by atoms with Crippen molar-refractivity contribution in [3.8, 4) is 0 Å². The van der Waals surface area contributed by atoms with E-state index in [0.29, 0.717) is 0 Å². The van der Waals surface area contributed by atoms with Crippen LogP contribution in [0.25, 0.3) is 0 Å². The van der Waals surface area contributed by atoms with Gasteiger partial charge in [-0.3, -0.25) is 4.79 Å². The summed E-state index contributed by atoms with van der Waals surface area (Å²) in [6.07, 6.45) is -3.48. The van der Waals surface area contributed by atoms with Gasteiger partial charge in [-0.25, -0.2) is 8.78 Å². The molecular formula is C6H8F2O2. The number of carboxylic acid groups (broad SMARTS) is 1. The first-order chi connectivity index (χ1) is 4.61. The van der Waals surface area contributed by atoms with Gasteiger partial charge in [0.1, 0.15) is 12.3 Å². The van der Waals surface area contributed by atoms with Crippen molar-refractivity contribution >= 4 is 5.97 Å². The zero-order valence-electron chi connectivity index (χ0n) is 5.26. The maximum atomic E-state index is 12.3. The Hall–Kier alpha value is -0.670. The van der Waals surface area contributed by atoms with Crippen LogP contribution in [-0.2, 0) is 4.79 Å². The monoisotopic (exact) mass is 150 g/mol. The summed E-state index contributed by atoms with van der Waals surface area (Å²) in [5.74, 6) is -1.91. The van der Waals surface area contributed by atoms with Crippen LogP contribution in [0.15, 0.2) is 0 Å². The number of rotatable bonds is 1. The summed E-state index contributed by atoms with van der Waals surface area (Å²) in [5.41, 5.74) is 0. The molecule has 0 aromatic heterocycles. The average molecular weight is 150 g/mol. The number of alkyl halides is 2. The molecule has 1 N–H and O–H groups in total. The Bertz CT molecular complexity index is 139. The number of carboxylic acids is 1. The summed E-state index contributed by atoms with van der Waals surface area (Å²) in [5, 5.41) is 8.32. The van der Waals surface area contributed by atoms with Crippen molar-refractivity contribution in [3.05, 3.63) is 0 Å². The molecule has 0 unspecified atom stereocenters. The fraction of sp³-hybridized carbons (Fsp3) is 0.833. The minimum atomic E-state index is -1.57. The summed E-state index contributed by atoms with van der Waals surface area (Å²) in [4.78, 5) is 10.2. The van der Waals surface area contributed by atoms with Crippen LogP contribution in [0.5, 0.6) is 0 Å². The lowest BCUT2D eigenvalue weighted by atomic mass is 10.1. The van der Waals surface area contributed by atoms with Crippen molar-refractivity contribution < 1.29 is 18.7 Å². The SMILES string of the molecule is O=C(O)C1C[C@H](F)[C@@H](F)C1. The second-order valence-electron chi connectivity index (χ2n) is 2.54. The first-order valence-corrected chi connectivity index (χ1v) is 3.12. The van der Waals surface area contributed by atoms with Crippen LogP contribution >= 0.6 is 0 Å². The molecule has 0 saturated heterocycles. The standard InChI is InChI=1S/C6H8F2O2/c7-4-1-3(6(9)10)2-5(4)8/h3-5H,1-2H2,(H,9,10)/t4-,5-/m0/s1. The van der Waals surface area contributed by atoms with E-state index in [2.05, 4.69) is 0 Å². The van der Waals surface area contributed by atoms with Crippen LogP contribution in [0, 0.1) is 5.92 Å². The van der Waals surface area contributed by atoms with Gasteiger partial charge < -0.3 is 5.11 Å². The summed E-state index contributed by atoms with van der Waals surface area (Å²) in [6, 6.07) is 0. The normalized spacial score (nSPS) is 34.6. The van der Waals surface area contributed by atoms with Gasteiger partial charge in [-0.05, 0) is 12.8 Å². The summed E-state index contributed by atoms with van der Waals surface area (Å²) in [7, 11) is 0. The zero-order valence-corrected chi connectivity index (χ0v) is 5.26. The molecule has 1 rings (SSSR count). The molecule has 0 spiro atoms. The molecule has 0 bridgehead atoms. The molecule has 0 heterocycles. The first kappa shape index (κ1) is 7.44. The highest BCUT2D eigenvalue weighted by Gasteiger charge is 2.38. The summed E-state index contributed by atoms with van der Waals surface area (Å²) < 4.78 is 24.6. The van der Waals surface area contributed by atoms with Gasteiger partial charge in [0.15, 0.2) is 0 Å². The molecule has 1 fully saturated rings. The molecule has 1 saturated carbocycles. The molecule has 1 aliphatic carbocycles. The van der Waals surface area contributed by atoms with Crippen LogP contribution in [0.4, 0.5) is 8.78 Å². The maximum Gasteiger partial charge on any atom is 0.306 e. The van der Waals surface area contributed by atoms with E-state index in [4.69, 9.17) is 5.11 Å². The number of aliphatic carboxylic acids is 1. The number of hydrogen-bond acceptors (Lipinski definition) is 1. The van der Waals surface area contributed by atoms with Gasteiger partial charge >= 0.3 is 5.97 Å². The minimum absolute atomic E-state index is 0.170. The van der Waals surface area contributed by atoms with Crippen LogP contribution < -0.4 is 0 Å². The topological polar surface area (TPSA) is 37.3 Å². The molecule has 0 aromatic rings. The highest BCUT2D eigenvalue weighted by molar-refractivity contribution is 5.70. The van der Waals surface area contributed by atoms with E-state index in [1.54, 1.807) is 0 Å². The number of hydrogen-bond donors (Lipinski definition) is 1. The Labute approximate surface area is 56.8 Å². The van der Waals surface area contributed by atoms with Crippen LogP contribution in [0.2, 0.25) is 0 Å². The van der Waals surface area contributed by atoms with Crippen molar-refractivity contribution in [2.75, 3.05) is 0 Å². The first-order valence-electron chi connectivity index (χ1n) is 3.12.